The third-order valence-electron chi connectivity index (χ3n) is 2.55. The van der Waals surface area contributed by atoms with E-state index in [0.29, 0.717) is 29.1 Å². The third kappa shape index (κ3) is 3.48. The van der Waals surface area contributed by atoms with E-state index in [4.69, 9.17) is 0 Å². The highest BCUT2D eigenvalue weighted by atomic mass is 32.2. The normalized spacial score (nSPS) is 15.8. The molecule has 9 heteroatoms. The second-order valence-corrected chi connectivity index (χ2v) is 6.59. The number of anilines is 1. The number of aromatic nitrogens is 2. The lowest BCUT2D eigenvalue weighted by molar-refractivity contribution is -0.126. The number of nitrogens with zero attached hydrogens (tertiary/aromatic N) is 3. The summed E-state index contributed by atoms with van der Waals surface area (Å²) in [5.41, 5.74) is 0. The smallest absolute Gasteiger partial charge is 0.324 e. The Hall–Kier alpha value is -1.61. The van der Waals surface area contributed by atoms with Crippen LogP contribution in [0.15, 0.2) is 17.0 Å². The average molecular weight is 313 g/mol. The Balaban J connectivity index is 1.91. The van der Waals surface area contributed by atoms with Crippen molar-refractivity contribution >= 4 is 40.2 Å². The van der Waals surface area contributed by atoms with E-state index in [1.54, 1.807) is 13.0 Å². The van der Waals surface area contributed by atoms with E-state index in [2.05, 4.69) is 27.4 Å². The monoisotopic (exact) mass is 313 g/mol. The summed E-state index contributed by atoms with van der Waals surface area (Å²) in [6, 6.07) is -0.326. The largest absolute Gasteiger partial charge is 0.357 e. The van der Waals surface area contributed by atoms with Crippen LogP contribution in [0.5, 0.6) is 0 Å². The molecule has 0 unspecified atom stereocenters. The highest BCUT2D eigenvalue weighted by Crippen LogP contribution is 2.29. The molecule has 0 saturated carbocycles. The number of carbonyl (C=O) groups excluding carboxylic acids is 2. The molecule has 1 aromatic rings. The van der Waals surface area contributed by atoms with Crippen LogP contribution in [-0.2, 0) is 4.79 Å². The fourth-order valence-corrected chi connectivity index (χ4v) is 3.56. The van der Waals surface area contributed by atoms with Gasteiger partial charge in [-0.3, -0.25) is 9.69 Å². The Bertz CT molecular complexity index is 519. The molecule has 1 aliphatic heterocycles. The van der Waals surface area contributed by atoms with Gasteiger partial charge in [0.15, 0.2) is 4.34 Å². The number of carbonyl (C=O) groups is 2. The molecule has 0 bridgehead atoms. The molecule has 2 heterocycles. The molecule has 0 spiro atoms. The molecule has 0 radical (unpaired) electrons. The van der Waals surface area contributed by atoms with E-state index in [1.165, 1.54) is 28.0 Å². The van der Waals surface area contributed by atoms with Gasteiger partial charge in [-0.2, -0.15) is 0 Å². The number of amides is 3. The SMILES string of the molecule is C=CCNc1nnc(S[C@@H](C)C(=O)N2CCNC2=O)s1. The van der Waals surface area contributed by atoms with E-state index >= 15 is 0 Å². The van der Waals surface area contributed by atoms with Gasteiger partial charge < -0.3 is 10.6 Å². The summed E-state index contributed by atoms with van der Waals surface area (Å²) in [6.07, 6.45) is 1.73. The molecule has 1 saturated heterocycles. The molecule has 0 aromatic carbocycles. The molecule has 20 heavy (non-hydrogen) atoms. The van der Waals surface area contributed by atoms with Crippen LogP contribution in [0.25, 0.3) is 0 Å². The summed E-state index contributed by atoms with van der Waals surface area (Å²) >= 11 is 2.68. The fraction of sp³-hybridized carbons (Fsp3) is 0.455. The first-order valence-corrected chi connectivity index (χ1v) is 7.75. The van der Waals surface area contributed by atoms with Gasteiger partial charge in [-0.25, -0.2) is 4.79 Å². The van der Waals surface area contributed by atoms with Gasteiger partial charge in [-0.15, -0.1) is 16.8 Å². The van der Waals surface area contributed by atoms with Crippen LogP contribution in [0, 0.1) is 0 Å². The second-order valence-electron chi connectivity index (χ2n) is 4.02. The van der Waals surface area contributed by atoms with Crippen molar-refractivity contribution in [1.29, 1.82) is 0 Å². The van der Waals surface area contributed by atoms with Crippen LogP contribution in [0.2, 0.25) is 0 Å². The minimum absolute atomic E-state index is 0.208. The van der Waals surface area contributed by atoms with Gasteiger partial charge in [-0.1, -0.05) is 29.2 Å². The quantitative estimate of drug-likeness (QED) is 0.605. The van der Waals surface area contributed by atoms with Crippen LogP contribution in [0.3, 0.4) is 0 Å². The summed E-state index contributed by atoms with van der Waals surface area (Å²) in [5, 5.41) is 13.9. The maximum absolute atomic E-state index is 12.1. The maximum atomic E-state index is 12.1. The topological polar surface area (TPSA) is 87.2 Å². The minimum atomic E-state index is -0.376. The van der Waals surface area contributed by atoms with Gasteiger partial charge in [0.25, 0.3) is 0 Å². The lowest BCUT2D eigenvalue weighted by atomic mass is 10.4. The first kappa shape index (κ1) is 14.8. The van der Waals surface area contributed by atoms with Crippen LogP contribution in [0.4, 0.5) is 9.93 Å². The molecule has 0 aliphatic carbocycles. The predicted molar refractivity (Wildman–Crippen MR) is 79.0 cm³/mol. The highest BCUT2D eigenvalue weighted by Gasteiger charge is 2.30. The molecule has 7 nitrogen and oxygen atoms in total. The van der Waals surface area contributed by atoms with Crippen LogP contribution in [-0.4, -0.2) is 51.9 Å². The van der Waals surface area contributed by atoms with Crippen molar-refractivity contribution in [2.24, 2.45) is 0 Å². The first-order valence-electron chi connectivity index (χ1n) is 6.06. The lowest BCUT2D eigenvalue weighted by Crippen LogP contribution is -2.38. The molecular weight excluding hydrogens is 298 g/mol. The van der Waals surface area contributed by atoms with E-state index in [-0.39, 0.29) is 17.2 Å². The second kappa shape index (κ2) is 6.71. The Morgan fingerprint density at radius 1 is 1.70 bits per heavy atom. The fourth-order valence-electron chi connectivity index (χ4n) is 1.59. The molecule has 1 fully saturated rings. The number of rotatable bonds is 6. The van der Waals surface area contributed by atoms with Crippen molar-refractivity contribution in [2.75, 3.05) is 25.0 Å². The number of hydrogen-bond donors (Lipinski definition) is 2. The van der Waals surface area contributed by atoms with Crippen molar-refractivity contribution in [1.82, 2.24) is 20.4 Å². The lowest BCUT2D eigenvalue weighted by Gasteiger charge is -2.16. The minimum Gasteiger partial charge on any atom is -0.357 e. The molecular formula is C11H15N5O2S2. The summed E-state index contributed by atoms with van der Waals surface area (Å²) in [4.78, 5) is 24.8. The zero-order valence-corrected chi connectivity index (χ0v) is 12.6. The molecule has 1 atom stereocenters. The van der Waals surface area contributed by atoms with Crippen LogP contribution >= 0.6 is 23.1 Å². The zero-order valence-electron chi connectivity index (χ0n) is 11.0. The highest BCUT2D eigenvalue weighted by molar-refractivity contribution is 8.02. The number of imide groups is 1. The number of thioether (sulfide) groups is 1. The van der Waals surface area contributed by atoms with Gasteiger partial charge >= 0.3 is 6.03 Å². The molecule has 2 rings (SSSR count). The third-order valence-corrected chi connectivity index (χ3v) is 4.61. The Morgan fingerprint density at radius 2 is 2.50 bits per heavy atom. The van der Waals surface area contributed by atoms with Gasteiger partial charge in [0.05, 0.1) is 5.25 Å². The van der Waals surface area contributed by atoms with Gasteiger partial charge in [0.1, 0.15) is 0 Å². The predicted octanol–water partition coefficient (Wildman–Crippen LogP) is 1.17. The van der Waals surface area contributed by atoms with E-state index in [1.807, 2.05) is 0 Å². The van der Waals surface area contributed by atoms with E-state index < -0.39 is 0 Å². The molecule has 1 aliphatic rings. The van der Waals surface area contributed by atoms with Crippen molar-refractivity contribution in [3.05, 3.63) is 12.7 Å². The van der Waals surface area contributed by atoms with Gasteiger partial charge in [0.2, 0.25) is 11.0 Å². The summed E-state index contributed by atoms with van der Waals surface area (Å²) < 4.78 is 0.692. The van der Waals surface area contributed by atoms with Gasteiger partial charge in [-0.05, 0) is 6.92 Å². The molecule has 1 aromatic heterocycles. The summed E-state index contributed by atoms with van der Waals surface area (Å²) in [6.45, 7) is 6.91. The Kier molecular flexibility index (Phi) is 4.96. The van der Waals surface area contributed by atoms with Crippen molar-refractivity contribution in [2.45, 2.75) is 16.5 Å². The van der Waals surface area contributed by atoms with Crippen molar-refractivity contribution in [3.8, 4) is 0 Å². The number of nitrogens with one attached hydrogen (secondary N) is 2. The molecule has 2 N–H and O–H groups in total. The molecule has 3 amide bonds. The van der Waals surface area contributed by atoms with E-state index in [9.17, 15) is 9.59 Å². The van der Waals surface area contributed by atoms with Gasteiger partial charge in [0, 0.05) is 19.6 Å². The van der Waals surface area contributed by atoms with Crippen LogP contribution in [0.1, 0.15) is 6.92 Å². The standard InChI is InChI=1S/C11H15N5O2S2/c1-3-4-12-9-14-15-11(20-9)19-7(2)8(17)16-6-5-13-10(16)18/h3,7H,1,4-6H2,2H3,(H,12,14)(H,13,18)/t7-/m0/s1. The van der Waals surface area contributed by atoms with Crippen molar-refractivity contribution < 1.29 is 9.59 Å². The number of hydrogen-bond acceptors (Lipinski definition) is 7. The number of urea groups is 1. The van der Waals surface area contributed by atoms with E-state index in [0.717, 1.165) is 0 Å². The average Bonchev–Trinajstić information content (AvgIpc) is 3.04. The van der Waals surface area contributed by atoms with Crippen molar-refractivity contribution in [3.63, 3.8) is 0 Å². The first-order chi connectivity index (χ1) is 9.61. The zero-order chi connectivity index (χ0) is 14.5. The Morgan fingerprint density at radius 3 is 3.15 bits per heavy atom. The van der Waals surface area contributed by atoms with Crippen LogP contribution < -0.4 is 10.6 Å². The summed E-state index contributed by atoms with van der Waals surface area (Å²) in [7, 11) is 0. The maximum Gasteiger partial charge on any atom is 0.324 e. The Labute approximate surface area is 124 Å². The summed E-state index contributed by atoms with van der Waals surface area (Å²) in [5.74, 6) is -0.208. The molecule has 108 valence electrons.